The van der Waals surface area contributed by atoms with Gasteiger partial charge in [-0.15, -0.1) is 0 Å². The molecule has 1 aromatic heterocycles. The Morgan fingerprint density at radius 1 is 1.46 bits per heavy atom. The molecule has 0 aliphatic heterocycles. The third-order valence-corrected chi connectivity index (χ3v) is 2.32. The lowest BCUT2D eigenvalue weighted by Gasteiger charge is -1.89. The smallest absolute Gasteiger partial charge is 0.190 e. The molecule has 0 saturated heterocycles. The second-order valence-corrected chi connectivity index (χ2v) is 3.55. The Hall–Kier alpha value is -1.29. The summed E-state index contributed by atoms with van der Waals surface area (Å²) < 4.78 is 6.10. The normalized spacial score (nSPS) is 10.5. The van der Waals surface area contributed by atoms with Crippen molar-refractivity contribution >= 4 is 38.9 Å². The van der Waals surface area contributed by atoms with Crippen molar-refractivity contribution < 1.29 is 9.21 Å². The van der Waals surface area contributed by atoms with Crippen molar-refractivity contribution in [1.29, 1.82) is 0 Å². The number of hydrogen-bond donors (Lipinski definition) is 1. The van der Waals surface area contributed by atoms with Gasteiger partial charge in [0.1, 0.15) is 5.58 Å². The molecule has 0 fully saturated rings. The van der Waals surface area contributed by atoms with E-state index in [0.717, 1.165) is 9.86 Å². The number of carbonyl (C=O) groups excluding carboxylic acids is 1. The Morgan fingerprint density at radius 2 is 2.23 bits per heavy atom. The summed E-state index contributed by atoms with van der Waals surface area (Å²) in [5, 5.41) is 0.769. The third-order valence-electron chi connectivity index (χ3n) is 1.83. The Kier molecular flexibility index (Phi) is 1.84. The van der Waals surface area contributed by atoms with Crippen molar-refractivity contribution in [3.63, 3.8) is 0 Å². The van der Waals surface area contributed by atoms with E-state index in [0.29, 0.717) is 17.6 Å². The number of carbonyl (C=O) groups is 1. The fraction of sp³-hybridized carbons (Fsp3) is 0. The first-order valence-electron chi connectivity index (χ1n) is 3.65. The van der Waals surface area contributed by atoms with Crippen LogP contribution in [0, 0.1) is 0 Å². The largest absolute Gasteiger partial charge is 0.451 e. The molecule has 1 heterocycles. The van der Waals surface area contributed by atoms with E-state index in [-0.39, 0.29) is 5.76 Å². The van der Waals surface area contributed by atoms with Crippen LogP contribution < -0.4 is 5.73 Å². The van der Waals surface area contributed by atoms with Gasteiger partial charge in [-0.3, -0.25) is 4.79 Å². The molecule has 66 valence electrons. The number of aldehydes is 1. The van der Waals surface area contributed by atoms with Crippen LogP contribution in [-0.2, 0) is 0 Å². The molecule has 0 aliphatic carbocycles. The molecule has 0 atom stereocenters. The highest BCUT2D eigenvalue weighted by Crippen LogP contribution is 2.29. The SMILES string of the molecule is Nc1c(C=O)oc2cc(Br)ccc12. The minimum absolute atomic E-state index is 0.188. The van der Waals surface area contributed by atoms with E-state index in [2.05, 4.69) is 15.9 Å². The van der Waals surface area contributed by atoms with E-state index in [1.54, 1.807) is 6.07 Å². The van der Waals surface area contributed by atoms with E-state index in [4.69, 9.17) is 10.2 Å². The van der Waals surface area contributed by atoms with Crippen molar-refractivity contribution in [2.75, 3.05) is 5.73 Å². The summed E-state index contributed by atoms with van der Waals surface area (Å²) in [7, 11) is 0. The van der Waals surface area contributed by atoms with Gasteiger partial charge in [0.15, 0.2) is 12.0 Å². The summed E-state index contributed by atoms with van der Waals surface area (Å²) in [6.45, 7) is 0. The summed E-state index contributed by atoms with van der Waals surface area (Å²) in [5.74, 6) is 0.188. The maximum atomic E-state index is 10.5. The maximum absolute atomic E-state index is 10.5. The van der Waals surface area contributed by atoms with Crippen LogP contribution in [0.3, 0.4) is 0 Å². The first-order chi connectivity index (χ1) is 6.22. The average molecular weight is 240 g/mol. The van der Waals surface area contributed by atoms with Gasteiger partial charge in [0, 0.05) is 9.86 Å². The van der Waals surface area contributed by atoms with Gasteiger partial charge in [-0.05, 0) is 18.2 Å². The van der Waals surface area contributed by atoms with Crippen LogP contribution in [0.5, 0.6) is 0 Å². The topological polar surface area (TPSA) is 56.2 Å². The number of furan rings is 1. The zero-order valence-corrected chi connectivity index (χ0v) is 8.17. The number of rotatable bonds is 1. The van der Waals surface area contributed by atoms with Crippen LogP contribution in [0.2, 0.25) is 0 Å². The van der Waals surface area contributed by atoms with Gasteiger partial charge in [-0.25, -0.2) is 0 Å². The molecule has 0 spiro atoms. The minimum atomic E-state index is 0.188. The van der Waals surface area contributed by atoms with Crippen LogP contribution >= 0.6 is 15.9 Å². The predicted octanol–water partition coefficient (Wildman–Crippen LogP) is 2.59. The molecule has 2 rings (SSSR count). The number of anilines is 1. The second kappa shape index (κ2) is 2.88. The molecule has 0 saturated carbocycles. The number of benzene rings is 1. The van der Waals surface area contributed by atoms with Crippen LogP contribution in [-0.4, -0.2) is 6.29 Å². The zero-order chi connectivity index (χ0) is 9.42. The molecular formula is C9H6BrNO2. The van der Waals surface area contributed by atoms with Gasteiger partial charge in [0.2, 0.25) is 0 Å². The highest BCUT2D eigenvalue weighted by atomic mass is 79.9. The lowest BCUT2D eigenvalue weighted by atomic mass is 10.2. The lowest BCUT2D eigenvalue weighted by Crippen LogP contribution is -1.86. The standard InChI is InChI=1S/C9H6BrNO2/c10-5-1-2-6-7(3-5)13-8(4-12)9(6)11/h1-4H,11H2. The number of halogens is 1. The van der Waals surface area contributed by atoms with Gasteiger partial charge >= 0.3 is 0 Å². The molecule has 4 heteroatoms. The van der Waals surface area contributed by atoms with E-state index in [9.17, 15) is 4.79 Å². The van der Waals surface area contributed by atoms with Crippen molar-refractivity contribution in [1.82, 2.24) is 0 Å². The Morgan fingerprint density at radius 3 is 2.92 bits per heavy atom. The molecule has 2 N–H and O–H groups in total. The minimum Gasteiger partial charge on any atom is -0.451 e. The van der Waals surface area contributed by atoms with Crippen LogP contribution in [0.4, 0.5) is 5.69 Å². The molecule has 1 aromatic carbocycles. The molecule has 3 nitrogen and oxygen atoms in total. The van der Waals surface area contributed by atoms with Crippen LogP contribution in [0.1, 0.15) is 10.6 Å². The predicted molar refractivity (Wildman–Crippen MR) is 53.7 cm³/mol. The summed E-state index contributed by atoms with van der Waals surface area (Å²) in [6.07, 6.45) is 0.614. The molecule has 0 bridgehead atoms. The zero-order valence-electron chi connectivity index (χ0n) is 6.58. The molecule has 0 unspecified atom stereocenters. The Balaban J connectivity index is 2.83. The molecule has 2 aromatic rings. The Labute approximate surface area is 82.6 Å². The van der Waals surface area contributed by atoms with Crippen molar-refractivity contribution in [3.05, 3.63) is 28.4 Å². The van der Waals surface area contributed by atoms with E-state index in [1.165, 1.54) is 0 Å². The number of nitrogen functional groups attached to an aromatic ring is 1. The van der Waals surface area contributed by atoms with Crippen molar-refractivity contribution in [3.8, 4) is 0 Å². The van der Waals surface area contributed by atoms with Gasteiger partial charge in [-0.1, -0.05) is 15.9 Å². The Bertz CT molecular complexity index is 476. The van der Waals surface area contributed by atoms with E-state index < -0.39 is 0 Å². The monoisotopic (exact) mass is 239 g/mol. The summed E-state index contributed by atoms with van der Waals surface area (Å²) >= 11 is 3.30. The number of hydrogen-bond acceptors (Lipinski definition) is 3. The molecule has 13 heavy (non-hydrogen) atoms. The summed E-state index contributed by atoms with van der Waals surface area (Å²) in [5.41, 5.74) is 6.68. The first kappa shape index (κ1) is 8.31. The second-order valence-electron chi connectivity index (χ2n) is 2.64. The van der Waals surface area contributed by atoms with Crippen molar-refractivity contribution in [2.45, 2.75) is 0 Å². The third kappa shape index (κ3) is 1.23. The molecular weight excluding hydrogens is 234 g/mol. The molecule has 0 aliphatic rings. The van der Waals surface area contributed by atoms with Gasteiger partial charge in [0.05, 0.1) is 5.69 Å². The molecule has 0 amide bonds. The molecule has 0 radical (unpaired) electrons. The van der Waals surface area contributed by atoms with Crippen LogP contribution in [0.25, 0.3) is 11.0 Å². The first-order valence-corrected chi connectivity index (χ1v) is 4.44. The quantitative estimate of drug-likeness (QED) is 0.779. The maximum Gasteiger partial charge on any atom is 0.190 e. The summed E-state index contributed by atoms with van der Waals surface area (Å²) in [4.78, 5) is 10.5. The van der Waals surface area contributed by atoms with E-state index in [1.807, 2.05) is 12.1 Å². The van der Waals surface area contributed by atoms with Gasteiger partial charge in [0.25, 0.3) is 0 Å². The number of nitrogens with two attached hydrogens (primary N) is 1. The fourth-order valence-corrected chi connectivity index (χ4v) is 1.54. The number of fused-ring (bicyclic) bond motifs is 1. The summed E-state index contributed by atoms with van der Waals surface area (Å²) in [6, 6.07) is 5.44. The van der Waals surface area contributed by atoms with E-state index >= 15 is 0 Å². The average Bonchev–Trinajstić information content (AvgIpc) is 2.42. The van der Waals surface area contributed by atoms with Gasteiger partial charge < -0.3 is 10.2 Å². The van der Waals surface area contributed by atoms with Crippen LogP contribution in [0.15, 0.2) is 27.1 Å². The highest BCUT2D eigenvalue weighted by Gasteiger charge is 2.09. The van der Waals surface area contributed by atoms with Crippen molar-refractivity contribution in [2.24, 2.45) is 0 Å². The fourth-order valence-electron chi connectivity index (χ4n) is 1.20. The lowest BCUT2D eigenvalue weighted by molar-refractivity contribution is 0.110. The van der Waals surface area contributed by atoms with Gasteiger partial charge in [-0.2, -0.15) is 0 Å². The highest BCUT2D eigenvalue weighted by molar-refractivity contribution is 9.10.